The van der Waals surface area contributed by atoms with E-state index in [0.717, 1.165) is 5.39 Å². The molecule has 13 heteroatoms. The second-order valence-electron chi connectivity index (χ2n) is 6.79. The average Bonchev–Trinajstić information content (AvgIpc) is 3.29. The number of hydrogen-bond donors (Lipinski definition) is 4. The average molecular weight is 417 g/mol. The van der Waals surface area contributed by atoms with Gasteiger partial charge in [-0.1, -0.05) is 0 Å². The van der Waals surface area contributed by atoms with Gasteiger partial charge in [0.2, 0.25) is 0 Å². The SMILES string of the molecule is N#CCC1(n2cc(-c3ncnc4[nH]ccc34)c(N)n2)CN(S(=O)(=O)NCCO)C1. The Kier molecular flexibility index (Phi) is 4.71. The number of nitrogens with zero attached hydrogens (tertiary/aromatic N) is 6. The quantitative estimate of drug-likeness (QED) is 0.384. The van der Waals surface area contributed by atoms with Crippen LogP contribution in [0.4, 0.5) is 5.82 Å². The number of hydrogen-bond acceptors (Lipinski definition) is 8. The molecule has 1 aliphatic heterocycles. The normalized spacial score (nSPS) is 16.6. The number of rotatable bonds is 7. The molecule has 0 saturated carbocycles. The fourth-order valence-corrected chi connectivity index (χ4v) is 4.78. The summed E-state index contributed by atoms with van der Waals surface area (Å²) in [5.74, 6) is 0.225. The lowest BCUT2D eigenvalue weighted by atomic mass is 9.89. The van der Waals surface area contributed by atoms with Crippen molar-refractivity contribution in [1.82, 2.24) is 33.8 Å². The standard InChI is InChI=1S/C16H19N9O3S/c17-3-2-16(8-24(9-16)29(27,28)22-5-6-26)25-7-12(14(18)23-25)13-11-1-4-19-15(11)21-10-20-13/h1,4,7,10,22,26H,2,5-6,8-9H2,(H2,18,23)(H,19,20,21). The molecule has 3 aromatic heterocycles. The molecule has 1 fully saturated rings. The van der Waals surface area contributed by atoms with Crippen molar-refractivity contribution in [2.45, 2.75) is 12.0 Å². The van der Waals surface area contributed by atoms with Gasteiger partial charge in [-0.05, 0) is 6.07 Å². The van der Waals surface area contributed by atoms with Crippen LogP contribution in [0.3, 0.4) is 0 Å². The number of H-pyrrole nitrogens is 1. The summed E-state index contributed by atoms with van der Waals surface area (Å²) in [6.45, 7) is -0.262. The van der Waals surface area contributed by atoms with E-state index in [1.165, 1.54) is 10.6 Å². The summed E-state index contributed by atoms with van der Waals surface area (Å²) < 4.78 is 29.6. The van der Waals surface area contributed by atoms with Gasteiger partial charge in [-0.15, -0.1) is 0 Å². The first kappa shape index (κ1) is 19.3. The highest BCUT2D eigenvalue weighted by Crippen LogP contribution is 2.37. The van der Waals surface area contributed by atoms with E-state index in [1.54, 1.807) is 17.1 Å². The predicted molar refractivity (Wildman–Crippen MR) is 103 cm³/mol. The lowest BCUT2D eigenvalue weighted by Gasteiger charge is -2.47. The number of nitrogen functional groups attached to an aromatic ring is 1. The molecule has 152 valence electrons. The summed E-state index contributed by atoms with van der Waals surface area (Å²) in [6.07, 6.45) is 4.91. The second kappa shape index (κ2) is 7.08. The fraction of sp³-hybridized carbons (Fsp3) is 0.375. The minimum absolute atomic E-state index is 0.0585. The van der Waals surface area contributed by atoms with Crippen molar-refractivity contribution < 1.29 is 13.5 Å². The molecule has 0 atom stereocenters. The van der Waals surface area contributed by atoms with Crippen LogP contribution in [-0.4, -0.2) is 68.8 Å². The third-order valence-corrected chi connectivity index (χ3v) is 6.43. The molecular formula is C16H19N9O3S. The van der Waals surface area contributed by atoms with E-state index in [9.17, 15) is 13.7 Å². The minimum atomic E-state index is -3.74. The Morgan fingerprint density at radius 1 is 1.41 bits per heavy atom. The van der Waals surface area contributed by atoms with Gasteiger partial charge in [-0.25, -0.2) is 9.97 Å². The van der Waals surface area contributed by atoms with Crippen LogP contribution in [-0.2, 0) is 15.7 Å². The Bertz CT molecular complexity index is 1190. The van der Waals surface area contributed by atoms with Crippen molar-refractivity contribution in [1.29, 1.82) is 5.26 Å². The molecule has 0 unspecified atom stereocenters. The van der Waals surface area contributed by atoms with E-state index in [0.29, 0.717) is 16.9 Å². The number of nitriles is 1. The van der Waals surface area contributed by atoms with E-state index >= 15 is 0 Å². The van der Waals surface area contributed by atoms with Crippen molar-refractivity contribution in [3.05, 3.63) is 24.8 Å². The summed E-state index contributed by atoms with van der Waals surface area (Å²) in [7, 11) is -3.74. The van der Waals surface area contributed by atoms with Crippen molar-refractivity contribution >= 4 is 27.1 Å². The highest BCUT2D eigenvalue weighted by Gasteiger charge is 2.50. The monoisotopic (exact) mass is 417 g/mol. The summed E-state index contributed by atoms with van der Waals surface area (Å²) in [5.41, 5.74) is 7.13. The van der Waals surface area contributed by atoms with Gasteiger partial charge >= 0.3 is 0 Å². The Labute approximate surface area is 166 Å². The topological polar surface area (TPSA) is 179 Å². The van der Waals surface area contributed by atoms with Crippen LogP contribution in [0, 0.1) is 11.3 Å². The van der Waals surface area contributed by atoms with Crippen LogP contribution >= 0.6 is 0 Å². The molecule has 0 bridgehead atoms. The first-order valence-corrected chi connectivity index (χ1v) is 10.2. The number of aliphatic hydroxyl groups excluding tert-OH is 1. The van der Waals surface area contributed by atoms with Gasteiger partial charge in [0, 0.05) is 37.4 Å². The van der Waals surface area contributed by atoms with Crippen molar-refractivity contribution in [2.75, 3.05) is 32.0 Å². The lowest BCUT2D eigenvalue weighted by Crippen LogP contribution is -2.66. The van der Waals surface area contributed by atoms with Gasteiger partial charge in [0.1, 0.15) is 17.5 Å². The molecule has 1 saturated heterocycles. The number of nitrogens with two attached hydrogens (primary N) is 1. The second-order valence-corrected chi connectivity index (χ2v) is 8.54. The minimum Gasteiger partial charge on any atom is -0.395 e. The number of fused-ring (bicyclic) bond motifs is 1. The maximum Gasteiger partial charge on any atom is 0.279 e. The highest BCUT2D eigenvalue weighted by molar-refractivity contribution is 7.87. The molecule has 0 aliphatic carbocycles. The number of aliphatic hydroxyl groups is 1. The van der Waals surface area contributed by atoms with Gasteiger partial charge in [-0.3, -0.25) is 4.68 Å². The Morgan fingerprint density at radius 3 is 2.93 bits per heavy atom. The summed E-state index contributed by atoms with van der Waals surface area (Å²) in [5, 5.41) is 23.3. The number of aromatic nitrogens is 5. The maximum absolute atomic E-state index is 12.3. The Morgan fingerprint density at radius 2 is 2.21 bits per heavy atom. The van der Waals surface area contributed by atoms with Crippen molar-refractivity contribution in [2.24, 2.45) is 0 Å². The molecule has 12 nitrogen and oxygen atoms in total. The molecule has 0 radical (unpaired) electrons. The maximum atomic E-state index is 12.3. The van der Waals surface area contributed by atoms with Gasteiger partial charge < -0.3 is 15.8 Å². The van der Waals surface area contributed by atoms with Crippen LogP contribution in [0.2, 0.25) is 0 Å². The third kappa shape index (κ3) is 3.21. The van der Waals surface area contributed by atoms with Crippen LogP contribution in [0.5, 0.6) is 0 Å². The molecule has 4 heterocycles. The largest absolute Gasteiger partial charge is 0.395 e. The Balaban J connectivity index is 1.67. The van der Waals surface area contributed by atoms with Crippen molar-refractivity contribution in [3.8, 4) is 17.3 Å². The predicted octanol–water partition coefficient (Wildman–Crippen LogP) is -0.845. The van der Waals surface area contributed by atoms with Gasteiger partial charge in [-0.2, -0.15) is 27.8 Å². The first-order valence-electron chi connectivity index (χ1n) is 8.77. The fourth-order valence-electron chi connectivity index (χ4n) is 3.43. The smallest absolute Gasteiger partial charge is 0.279 e. The molecule has 0 aromatic carbocycles. The first-order chi connectivity index (χ1) is 13.9. The third-order valence-electron chi connectivity index (χ3n) is 4.92. The molecule has 5 N–H and O–H groups in total. The summed E-state index contributed by atoms with van der Waals surface area (Å²) >= 11 is 0. The molecule has 29 heavy (non-hydrogen) atoms. The summed E-state index contributed by atoms with van der Waals surface area (Å²) in [6, 6.07) is 3.93. The van der Waals surface area contributed by atoms with Crippen LogP contribution in [0.15, 0.2) is 24.8 Å². The van der Waals surface area contributed by atoms with E-state index in [-0.39, 0.29) is 38.5 Å². The lowest BCUT2D eigenvalue weighted by molar-refractivity contribution is 0.0707. The molecule has 4 rings (SSSR count). The zero-order valence-corrected chi connectivity index (χ0v) is 16.1. The van der Waals surface area contributed by atoms with E-state index < -0.39 is 15.7 Å². The molecule has 0 spiro atoms. The van der Waals surface area contributed by atoms with Crippen LogP contribution < -0.4 is 10.5 Å². The van der Waals surface area contributed by atoms with E-state index in [2.05, 4.69) is 30.8 Å². The molecule has 1 aliphatic rings. The summed E-state index contributed by atoms with van der Waals surface area (Å²) in [4.78, 5) is 11.5. The van der Waals surface area contributed by atoms with Crippen LogP contribution in [0.1, 0.15) is 6.42 Å². The molecular weight excluding hydrogens is 398 g/mol. The van der Waals surface area contributed by atoms with Crippen molar-refractivity contribution in [3.63, 3.8) is 0 Å². The molecule has 3 aromatic rings. The van der Waals surface area contributed by atoms with Gasteiger partial charge in [0.05, 0.1) is 30.4 Å². The van der Waals surface area contributed by atoms with E-state index in [4.69, 9.17) is 10.8 Å². The van der Waals surface area contributed by atoms with Gasteiger partial charge in [0.25, 0.3) is 10.2 Å². The molecule has 0 amide bonds. The van der Waals surface area contributed by atoms with E-state index in [1.807, 2.05) is 6.07 Å². The van der Waals surface area contributed by atoms with Gasteiger partial charge in [0.15, 0.2) is 5.82 Å². The highest BCUT2D eigenvalue weighted by atomic mass is 32.2. The number of aromatic amines is 1. The number of nitrogens with one attached hydrogen (secondary N) is 2. The van der Waals surface area contributed by atoms with Crippen LogP contribution in [0.25, 0.3) is 22.3 Å². The Hall–Kier alpha value is -3.05. The number of anilines is 1. The zero-order chi connectivity index (χ0) is 20.6. The zero-order valence-electron chi connectivity index (χ0n) is 15.3.